The fourth-order valence-corrected chi connectivity index (χ4v) is 4.28. The van der Waals surface area contributed by atoms with Gasteiger partial charge in [-0.05, 0) is 24.1 Å². The number of nitrogens with one attached hydrogen (secondary N) is 2. The van der Waals surface area contributed by atoms with E-state index in [2.05, 4.69) is 20.6 Å². The standard InChI is InChI=1S/C25H21F3N6O2/c1-34-12-17(16-7-6-15(10-20(16)34)25(26,27)28)13-2-4-14(5-3-13)23-32-19(22(29)35)11-21(33-23)31-18-8-9-30-24(18)36/h2-7,10-12,18H,8-9H2,1H3,(H2,29,35)(H,30,36)(H,31,32,33). The number of nitrogens with zero attached hydrogens (tertiary/aromatic N) is 3. The Bertz CT molecular complexity index is 1490. The number of primary amides is 1. The fourth-order valence-electron chi connectivity index (χ4n) is 4.28. The molecule has 1 unspecified atom stereocenters. The first-order valence-electron chi connectivity index (χ1n) is 11.1. The zero-order chi connectivity index (χ0) is 25.6. The molecular weight excluding hydrogens is 473 g/mol. The second kappa shape index (κ2) is 8.67. The lowest BCUT2D eigenvalue weighted by atomic mass is 10.0. The lowest BCUT2D eigenvalue weighted by Gasteiger charge is -2.13. The molecule has 1 saturated heterocycles. The number of benzene rings is 2. The molecule has 0 saturated carbocycles. The Morgan fingerprint density at radius 2 is 1.83 bits per heavy atom. The van der Waals surface area contributed by atoms with E-state index in [1.165, 1.54) is 12.1 Å². The van der Waals surface area contributed by atoms with Crippen LogP contribution in [0.4, 0.5) is 19.0 Å². The fraction of sp³-hybridized carbons (Fsp3) is 0.200. The molecule has 2 aromatic heterocycles. The van der Waals surface area contributed by atoms with Crippen molar-refractivity contribution in [3.63, 3.8) is 0 Å². The molecule has 11 heteroatoms. The number of hydrogen-bond donors (Lipinski definition) is 3. The third kappa shape index (κ3) is 4.35. The third-order valence-corrected chi connectivity index (χ3v) is 6.12. The van der Waals surface area contributed by atoms with Gasteiger partial charge < -0.3 is 20.9 Å². The Kier molecular flexibility index (Phi) is 5.62. The van der Waals surface area contributed by atoms with Gasteiger partial charge in [0.05, 0.1) is 5.56 Å². The molecule has 0 radical (unpaired) electrons. The van der Waals surface area contributed by atoms with Gasteiger partial charge in [0.1, 0.15) is 17.6 Å². The summed E-state index contributed by atoms with van der Waals surface area (Å²) >= 11 is 0. The Hall–Kier alpha value is -4.41. The van der Waals surface area contributed by atoms with Crippen LogP contribution in [0, 0.1) is 0 Å². The molecule has 8 nitrogen and oxygen atoms in total. The van der Waals surface area contributed by atoms with Crippen LogP contribution in [-0.4, -0.2) is 38.9 Å². The van der Waals surface area contributed by atoms with Crippen LogP contribution >= 0.6 is 0 Å². The van der Waals surface area contributed by atoms with Gasteiger partial charge in [0.15, 0.2) is 5.82 Å². The number of aromatic nitrogens is 3. The summed E-state index contributed by atoms with van der Waals surface area (Å²) in [6.45, 7) is 0.546. The maximum atomic E-state index is 13.1. The number of aryl methyl sites for hydroxylation is 1. The van der Waals surface area contributed by atoms with Crippen LogP contribution in [0.2, 0.25) is 0 Å². The van der Waals surface area contributed by atoms with Crippen molar-refractivity contribution in [3.8, 4) is 22.5 Å². The number of hydrogen-bond acceptors (Lipinski definition) is 5. The highest BCUT2D eigenvalue weighted by Crippen LogP contribution is 2.36. The van der Waals surface area contributed by atoms with Gasteiger partial charge in [-0.25, -0.2) is 9.97 Å². The van der Waals surface area contributed by atoms with Crippen LogP contribution < -0.4 is 16.4 Å². The summed E-state index contributed by atoms with van der Waals surface area (Å²) < 4.78 is 41.1. The summed E-state index contributed by atoms with van der Waals surface area (Å²) in [5.41, 5.74) is 7.37. The van der Waals surface area contributed by atoms with Gasteiger partial charge in [-0.15, -0.1) is 0 Å². The van der Waals surface area contributed by atoms with Crippen LogP contribution in [-0.2, 0) is 18.0 Å². The smallest absolute Gasteiger partial charge is 0.364 e. The van der Waals surface area contributed by atoms with Gasteiger partial charge in [-0.1, -0.05) is 30.3 Å². The number of nitrogens with two attached hydrogens (primary N) is 1. The first-order chi connectivity index (χ1) is 17.1. The minimum atomic E-state index is -4.42. The van der Waals surface area contributed by atoms with E-state index in [-0.39, 0.29) is 17.4 Å². The van der Waals surface area contributed by atoms with Crippen molar-refractivity contribution < 1.29 is 22.8 Å². The van der Waals surface area contributed by atoms with Gasteiger partial charge in [0.25, 0.3) is 5.91 Å². The number of rotatable bonds is 5. The molecule has 1 aliphatic rings. The van der Waals surface area contributed by atoms with Crippen molar-refractivity contribution in [3.05, 3.63) is 66.0 Å². The summed E-state index contributed by atoms with van der Waals surface area (Å²) in [6, 6.07) is 11.7. The van der Waals surface area contributed by atoms with Gasteiger partial charge in [0, 0.05) is 47.9 Å². The maximum absolute atomic E-state index is 13.1. The van der Waals surface area contributed by atoms with E-state index in [0.717, 1.165) is 23.3 Å². The molecule has 4 N–H and O–H groups in total. The highest BCUT2D eigenvalue weighted by atomic mass is 19.4. The number of anilines is 1. The topological polar surface area (TPSA) is 115 Å². The van der Waals surface area contributed by atoms with E-state index >= 15 is 0 Å². The van der Waals surface area contributed by atoms with E-state index in [9.17, 15) is 22.8 Å². The Morgan fingerprint density at radius 3 is 2.47 bits per heavy atom. The quantitative estimate of drug-likeness (QED) is 0.391. The first-order valence-corrected chi connectivity index (χ1v) is 11.1. The predicted octanol–water partition coefficient (Wildman–Crippen LogP) is 3.72. The number of fused-ring (bicyclic) bond motifs is 1. The molecule has 1 atom stereocenters. The van der Waals surface area contributed by atoms with E-state index in [1.807, 2.05) is 0 Å². The highest BCUT2D eigenvalue weighted by Gasteiger charge is 2.31. The van der Waals surface area contributed by atoms with E-state index in [1.54, 1.807) is 42.1 Å². The number of halogens is 3. The second-order valence-corrected chi connectivity index (χ2v) is 8.56. The average Bonchev–Trinajstić information content (AvgIpc) is 3.40. The first kappa shape index (κ1) is 23.3. The minimum Gasteiger partial charge on any atom is -0.364 e. The summed E-state index contributed by atoms with van der Waals surface area (Å²) in [5.74, 6) is -0.346. The molecule has 1 aliphatic heterocycles. The van der Waals surface area contributed by atoms with Crippen LogP contribution in [0.15, 0.2) is 54.7 Å². The molecule has 3 heterocycles. The average molecular weight is 494 g/mol. The Morgan fingerprint density at radius 1 is 1.11 bits per heavy atom. The SMILES string of the molecule is Cn1cc(-c2ccc(-c3nc(NC4CCNC4=O)cc(C(N)=O)n3)cc2)c2ccc(C(F)(F)F)cc21. The molecule has 1 fully saturated rings. The van der Waals surface area contributed by atoms with Crippen molar-refractivity contribution in [1.82, 2.24) is 19.9 Å². The molecule has 2 amide bonds. The van der Waals surface area contributed by atoms with Gasteiger partial charge in [0.2, 0.25) is 5.91 Å². The number of alkyl halides is 3. The molecule has 4 aromatic rings. The summed E-state index contributed by atoms with van der Waals surface area (Å²) in [4.78, 5) is 32.5. The number of amides is 2. The number of carbonyl (C=O) groups is 2. The lowest BCUT2D eigenvalue weighted by molar-refractivity contribution is -0.137. The molecule has 0 aliphatic carbocycles. The second-order valence-electron chi connectivity index (χ2n) is 8.56. The van der Waals surface area contributed by atoms with Crippen molar-refractivity contribution in [2.45, 2.75) is 18.6 Å². The molecule has 184 valence electrons. The lowest BCUT2D eigenvalue weighted by Crippen LogP contribution is -2.30. The van der Waals surface area contributed by atoms with E-state index < -0.39 is 23.7 Å². The molecule has 5 rings (SSSR count). The molecule has 0 bridgehead atoms. The van der Waals surface area contributed by atoms with Crippen molar-refractivity contribution >= 4 is 28.5 Å². The number of carbonyl (C=O) groups excluding carboxylic acids is 2. The molecular formula is C25H21F3N6O2. The van der Waals surface area contributed by atoms with Crippen molar-refractivity contribution in [1.29, 1.82) is 0 Å². The van der Waals surface area contributed by atoms with Gasteiger partial charge in [-0.3, -0.25) is 9.59 Å². The highest BCUT2D eigenvalue weighted by molar-refractivity contribution is 5.97. The van der Waals surface area contributed by atoms with Gasteiger partial charge >= 0.3 is 6.18 Å². The zero-order valence-electron chi connectivity index (χ0n) is 19.1. The summed E-state index contributed by atoms with van der Waals surface area (Å²) in [7, 11) is 1.70. The van der Waals surface area contributed by atoms with Crippen molar-refractivity contribution in [2.24, 2.45) is 12.8 Å². The largest absolute Gasteiger partial charge is 0.416 e. The third-order valence-electron chi connectivity index (χ3n) is 6.12. The van der Waals surface area contributed by atoms with Crippen LogP contribution in [0.3, 0.4) is 0 Å². The monoisotopic (exact) mass is 494 g/mol. The Balaban J connectivity index is 1.49. The van der Waals surface area contributed by atoms with Crippen LogP contribution in [0.5, 0.6) is 0 Å². The maximum Gasteiger partial charge on any atom is 0.416 e. The van der Waals surface area contributed by atoms with Crippen LogP contribution in [0.25, 0.3) is 33.4 Å². The zero-order valence-corrected chi connectivity index (χ0v) is 19.1. The summed E-state index contributed by atoms with van der Waals surface area (Å²) in [6.07, 6.45) is -2.07. The van der Waals surface area contributed by atoms with Crippen molar-refractivity contribution in [2.75, 3.05) is 11.9 Å². The molecule has 2 aromatic carbocycles. The normalized spacial score (nSPS) is 15.8. The van der Waals surface area contributed by atoms with Gasteiger partial charge in [-0.2, -0.15) is 13.2 Å². The minimum absolute atomic E-state index is 0.000459. The molecule has 0 spiro atoms. The molecule has 36 heavy (non-hydrogen) atoms. The Labute approximate surface area is 203 Å². The van der Waals surface area contributed by atoms with E-state index in [4.69, 9.17) is 5.73 Å². The van der Waals surface area contributed by atoms with Crippen LogP contribution in [0.1, 0.15) is 22.5 Å². The van der Waals surface area contributed by atoms with E-state index in [0.29, 0.717) is 35.2 Å². The summed E-state index contributed by atoms with van der Waals surface area (Å²) in [5, 5.41) is 6.43. The predicted molar refractivity (Wildman–Crippen MR) is 128 cm³/mol.